The first-order valence-electron chi connectivity index (χ1n) is 11.6. The Balaban J connectivity index is 1.98. The molecule has 1 atom stereocenters. The quantitative estimate of drug-likeness (QED) is 0.326. The molecule has 34 heavy (non-hydrogen) atoms. The predicted octanol–water partition coefficient (Wildman–Crippen LogP) is 6.09. The molecule has 1 N–H and O–H groups in total. The largest absolute Gasteiger partial charge is 0.354 e. The lowest BCUT2D eigenvalue weighted by Crippen LogP contribution is -2.51. The summed E-state index contributed by atoms with van der Waals surface area (Å²) >= 11 is 12.9. The third-order valence-corrected chi connectivity index (χ3v) is 6.40. The number of rotatable bonds is 11. The van der Waals surface area contributed by atoms with Crippen molar-refractivity contribution >= 4 is 35.0 Å². The van der Waals surface area contributed by atoms with Crippen LogP contribution in [0.5, 0.6) is 0 Å². The van der Waals surface area contributed by atoms with Gasteiger partial charge in [0.2, 0.25) is 11.8 Å². The fraction of sp³-hybridized carbons (Fsp3) is 0.286. The predicted molar refractivity (Wildman–Crippen MR) is 139 cm³/mol. The van der Waals surface area contributed by atoms with Crippen molar-refractivity contribution in [2.24, 2.45) is 0 Å². The van der Waals surface area contributed by atoms with Gasteiger partial charge in [-0.3, -0.25) is 9.59 Å². The van der Waals surface area contributed by atoms with Crippen LogP contribution in [0.15, 0.2) is 78.9 Å². The van der Waals surface area contributed by atoms with Crippen molar-refractivity contribution in [3.63, 3.8) is 0 Å². The fourth-order valence-corrected chi connectivity index (χ4v) is 4.30. The van der Waals surface area contributed by atoms with E-state index in [-0.39, 0.29) is 24.8 Å². The lowest BCUT2D eigenvalue weighted by Gasteiger charge is -2.32. The molecule has 2 amide bonds. The van der Waals surface area contributed by atoms with Gasteiger partial charge in [0.25, 0.3) is 0 Å². The molecule has 3 aromatic carbocycles. The van der Waals surface area contributed by atoms with Crippen molar-refractivity contribution in [3.05, 3.63) is 106 Å². The molecule has 0 bridgehead atoms. The highest BCUT2D eigenvalue weighted by molar-refractivity contribution is 6.36. The first-order chi connectivity index (χ1) is 16.5. The van der Waals surface area contributed by atoms with Crippen molar-refractivity contribution in [1.29, 1.82) is 0 Å². The van der Waals surface area contributed by atoms with Crippen LogP contribution < -0.4 is 5.32 Å². The van der Waals surface area contributed by atoms with Gasteiger partial charge in [0.15, 0.2) is 0 Å². The maximum absolute atomic E-state index is 13.7. The van der Waals surface area contributed by atoms with E-state index in [1.807, 2.05) is 60.7 Å². The molecular formula is C28H30Cl2N2O2. The summed E-state index contributed by atoms with van der Waals surface area (Å²) in [6, 6.07) is 23.8. The van der Waals surface area contributed by atoms with Gasteiger partial charge in [-0.1, -0.05) is 103 Å². The second-order valence-corrected chi connectivity index (χ2v) is 9.05. The zero-order valence-electron chi connectivity index (χ0n) is 19.3. The maximum Gasteiger partial charge on any atom is 0.243 e. The van der Waals surface area contributed by atoms with Gasteiger partial charge in [-0.05, 0) is 29.7 Å². The van der Waals surface area contributed by atoms with Gasteiger partial charge in [0.1, 0.15) is 6.04 Å². The van der Waals surface area contributed by atoms with Crippen molar-refractivity contribution in [3.8, 4) is 0 Å². The first kappa shape index (κ1) is 25.8. The molecule has 0 saturated carbocycles. The van der Waals surface area contributed by atoms with Gasteiger partial charge >= 0.3 is 0 Å². The summed E-state index contributed by atoms with van der Waals surface area (Å²) in [7, 11) is 0. The number of carbonyl (C=O) groups excluding carboxylic acids is 2. The number of nitrogens with one attached hydrogen (secondary N) is 1. The topological polar surface area (TPSA) is 49.4 Å². The van der Waals surface area contributed by atoms with Crippen molar-refractivity contribution in [2.75, 3.05) is 6.54 Å². The average Bonchev–Trinajstić information content (AvgIpc) is 2.84. The van der Waals surface area contributed by atoms with Crippen molar-refractivity contribution < 1.29 is 9.59 Å². The number of hydrogen-bond acceptors (Lipinski definition) is 2. The molecule has 0 aliphatic rings. The number of amides is 2. The van der Waals surface area contributed by atoms with E-state index >= 15 is 0 Å². The van der Waals surface area contributed by atoms with Crippen LogP contribution in [-0.2, 0) is 29.0 Å². The molecule has 0 aliphatic heterocycles. The molecule has 0 fully saturated rings. The van der Waals surface area contributed by atoms with E-state index in [2.05, 4.69) is 12.2 Å². The molecule has 0 spiro atoms. The summed E-state index contributed by atoms with van der Waals surface area (Å²) in [5.41, 5.74) is 2.49. The van der Waals surface area contributed by atoms with Gasteiger partial charge in [0.05, 0.1) is 6.42 Å². The zero-order chi connectivity index (χ0) is 24.3. The summed E-state index contributed by atoms with van der Waals surface area (Å²) in [6.07, 6.45) is 2.41. The van der Waals surface area contributed by atoms with E-state index in [0.29, 0.717) is 28.6 Å². The van der Waals surface area contributed by atoms with E-state index in [4.69, 9.17) is 23.2 Å². The molecule has 4 nitrogen and oxygen atoms in total. The molecule has 0 aliphatic carbocycles. The van der Waals surface area contributed by atoms with Gasteiger partial charge < -0.3 is 10.2 Å². The first-order valence-corrected chi connectivity index (χ1v) is 12.3. The third kappa shape index (κ3) is 7.34. The van der Waals surface area contributed by atoms with Gasteiger partial charge in [-0.15, -0.1) is 0 Å². The van der Waals surface area contributed by atoms with E-state index in [1.165, 1.54) is 0 Å². The number of hydrogen-bond donors (Lipinski definition) is 1. The monoisotopic (exact) mass is 496 g/mol. The minimum atomic E-state index is -0.706. The van der Waals surface area contributed by atoms with Gasteiger partial charge in [0, 0.05) is 35.1 Å². The number of benzene rings is 3. The summed E-state index contributed by atoms with van der Waals surface area (Å²) in [5, 5.41) is 3.95. The Bertz CT molecular complexity index is 1050. The summed E-state index contributed by atoms with van der Waals surface area (Å²) in [4.78, 5) is 28.7. The molecule has 0 saturated heterocycles. The molecular weight excluding hydrogens is 467 g/mol. The van der Waals surface area contributed by atoms with Crippen LogP contribution >= 0.6 is 23.2 Å². The molecule has 0 unspecified atom stereocenters. The van der Waals surface area contributed by atoms with Crippen LogP contribution in [0, 0.1) is 0 Å². The number of nitrogens with zero attached hydrogens (tertiary/aromatic N) is 1. The van der Waals surface area contributed by atoms with Gasteiger partial charge in [-0.25, -0.2) is 0 Å². The van der Waals surface area contributed by atoms with E-state index in [1.54, 1.807) is 23.1 Å². The van der Waals surface area contributed by atoms with Crippen LogP contribution in [0.3, 0.4) is 0 Å². The summed E-state index contributed by atoms with van der Waals surface area (Å²) in [5.74, 6) is -0.337. The van der Waals surface area contributed by atoms with E-state index in [9.17, 15) is 9.59 Å². The maximum atomic E-state index is 13.7. The summed E-state index contributed by atoms with van der Waals surface area (Å²) in [6.45, 7) is 2.78. The Hall–Kier alpha value is -2.82. The molecule has 178 valence electrons. The van der Waals surface area contributed by atoms with Crippen LogP contribution in [-0.4, -0.2) is 29.3 Å². The number of unbranched alkanes of at least 4 members (excludes halogenated alkanes) is 1. The van der Waals surface area contributed by atoms with Crippen molar-refractivity contribution in [2.45, 2.75) is 45.2 Å². The van der Waals surface area contributed by atoms with Crippen LogP contribution in [0.4, 0.5) is 0 Å². The standard InChI is InChI=1S/C28H30Cl2N2O2/c1-2-3-17-31-28(34)26(18-21-11-6-4-7-12-21)32(20-23-24(29)15-10-16-25(23)30)27(33)19-22-13-8-5-9-14-22/h4-16,26H,2-3,17-20H2,1H3,(H,31,34)/t26-/m0/s1. The number of halogens is 2. The lowest BCUT2D eigenvalue weighted by atomic mass is 10.0. The smallest absolute Gasteiger partial charge is 0.243 e. The minimum absolute atomic E-state index is 0.142. The van der Waals surface area contributed by atoms with Crippen molar-refractivity contribution in [1.82, 2.24) is 10.2 Å². The minimum Gasteiger partial charge on any atom is -0.354 e. The number of carbonyl (C=O) groups is 2. The average molecular weight is 497 g/mol. The highest BCUT2D eigenvalue weighted by Crippen LogP contribution is 2.27. The normalized spacial score (nSPS) is 11.6. The second kappa shape index (κ2) is 13.2. The Morgan fingerprint density at radius 1 is 0.853 bits per heavy atom. The molecule has 0 aromatic heterocycles. The van der Waals surface area contributed by atoms with E-state index in [0.717, 1.165) is 24.0 Å². The Morgan fingerprint density at radius 3 is 2.03 bits per heavy atom. The Labute approximate surface area is 211 Å². The SMILES string of the molecule is CCCCNC(=O)[C@H](Cc1ccccc1)N(Cc1c(Cl)cccc1Cl)C(=O)Cc1ccccc1. The van der Waals surface area contributed by atoms with Crippen LogP contribution in [0.2, 0.25) is 10.0 Å². The highest BCUT2D eigenvalue weighted by atomic mass is 35.5. The van der Waals surface area contributed by atoms with Crippen LogP contribution in [0.25, 0.3) is 0 Å². The van der Waals surface area contributed by atoms with Crippen LogP contribution in [0.1, 0.15) is 36.5 Å². The highest BCUT2D eigenvalue weighted by Gasteiger charge is 2.31. The zero-order valence-corrected chi connectivity index (χ0v) is 20.9. The molecule has 0 radical (unpaired) electrons. The lowest BCUT2D eigenvalue weighted by molar-refractivity contribution is -0.140. The molecule has 3 rings (SSSR count). The third-order valence-electron chi connectivity index (χ3n) is 5.69. The Morgan fingerprint density at radius 2 is 1.44 bits per heavy atom. The Kier molecular flexibility index (Phi) is 9.99. The molecule has 6 heteroatoms. The molecule has 0 heterocycles. The van der Waals surface area contributed by atoms with Gasteiger partial charge in [-0.2, -0.15) is 0 Å². The molecule has 3 aromatic rings. The fourth-order valence-electron chi connectivity index (χ4n) is 3.79. The van der Waals surface area contributed by atoms with E-state index < -0.39 is 6.04 Å². The second-order valence-electron chi connectivity index (χ2n) is 8.23. The summed E-state index contributed by atoms with van der Waals surface area (Å²) < 4.78 is 0.